The second-order valence-corrected chi connectivity index (χ2v) is 5.76. The third-order valence-electron chi connectivity index (χ3n) is 3.34. The fraction of sp³-hybridized carbons (Fsp3) is 0.286. The van der Waals surface area contributed by atoms with Gasteiger partial charge in [-0.3, -0.25) is 4.79 Å². The number of hydrogen-bond donors (Lipinski definition) is 2. The number of hydrogen-bond acceptors (Lipinski definition) is 4. The van der Waals surface area contributed by atoms with E-state index in [9.17, 15) is 4.79 Å². The van der Waals surface area contributed by atoms with Crippen LogP contribution >= 0.6 is 15.9 Å². The van der Waals surface area contributed by atoms with Crippen LogP contribution < -0.4 is 16.2 Å². The quantitative estimate of drug-likeness (QED) is 0.881. The Kier molecular flexibility index (Phi) is 3.58. The minimum absolute atomic E-state index is 0.0746. The summed E-state index contributed by atoms with van der Waals surface area (Å²) in [6.07, 6.45) is 2.65. The fourth-order valence-electron chi connectivity index (χ4n) is 2.31. The Balaban J connectivity index is 1.94. The van der Waals surface area contributed by atoms with E-state index in [1.54, 1.807) is 19.3 Å². The lowest BCUT2D eigenvalue weighted by atomic mass is 10.1. The Hall–Kier alpha value is -1.66. The molecule has 3 rings (SSSR count). The Labute approximate surface area is 125 Å². The SMILES string of the molecule is Cn1cc(Br)cc(Nc2ccc3c(n2)CCNC3)c1=O. The van der Waals surface area contributed by atoms with Gasteiger partial charge in [0.15, 0.2) is 0 Å². The summed E-state index contributed by atoms with van der Waals surface area (Å²) in [5.74, 6) is 0.709. The Bertz CT molecular complexity index is 711. The van der Waals surface area contributed by atoms with Crippen LogP contribution in [0, 0.1) is 0 Å². The number of pyridine rings is 2. The van der Waals surface area contributed by atoms with Crippen molar-refractivity contribution in [2.45, 2.75) is 13.0 Å². The number of rotatable bonds is 2. The van der Waals surface area contributed by atoms with E-state index < -0.39 is 0 Å². The normalized spacial score (nSPS) is 13.9. The summed E-state index contributed by atoms with van der Waals surface area (Å²) in [6.45, 7) is 1.81. The van der Waals surface area contributed by atoms with E-state index in [-0.39, 0.29) is 5.56 Å². The van der Waals surface area contributed by atoms with E-state index in [0.717, 1.165) is 29.7 Å². The van der Waals surface area contributed by atoms with Gasteiger partial charge in [-0.2, -0.15) is 0 Å². The minimum Gasteiger partial charge on any atom is -0.336 e. The molecular weight excluding hydrogens is 320 g/mol. The molecule has 2 N–H and O–H groups in total. The van der Waals surface area contributed by atoms with Crippen molar-refractivity contribution in [1.29, 1.82) is 0 Å². The van der Waals surface area contributed by atoms with E-state index in [0.29, 0.717) is 11.5 Å². The highest BCUT2D eigenvalue weighted by molar-refractivity contribution is 9.10. The maximum absolute atomic E-state index is 12.1. The lowest BCUT2D eigenvalue weighted by Crippen LogP contribution is -2.25. The van der Waals surface area contributed by atoms with Gasteiger partial charge in [0.25, 0.3) is 5.56 Å². The molecule has 0 unspecified atom stereocenters. The molecule has 6 heteroatoms. The van der Waals surface area contributed by atoms with Crippen molar-refractivity contribution in [3.63, 3.8) is 0 Å². The zero-order valence-corrected chi connectivity index (χ0v) is 12.7. The van der Waals surface area contributed by atoms with Gasteiger partial charge in [0.1, 0.15) is 11.5 Å². The van der Waals surface area contributed by atoms with Crippen LogP contribution in [0.5, 0.6) is 0 Å². The van der Waals surface area contributed by atoms with Gasteiger partial charge < -0.3 is 15.2 Å². The standard InChI is InChI=1S/C14H15BrN4O/c1-19-8-10(15)6-12(14(19)20)18-13-3-2-9-7-16-5-4-11(9)17-13/h2-3,6,8,16H,4-5,7H2,1H3,(H,17,18). The maximum Gasteiger partial charge on any atom is 0.274 e. The average Bonchev–Trinajstić information content (AvgIpc) is 2.44. The molecule has 0 aliphatic carbocycles. The Morgan fingerprint density at radius 1 is 1.45 bits per heavy atom. The van der Waals surface area contributed by atoms with E-state index in [4.69, 9.17) is 0 Å². The molecule has 2 aromatic heterocycles. The summed E-state index contributed by atoms with van der Waals surface area (Å²) in [5, 5.41) is 6.42. The number of nitrogens with zero attached hydrogens (tertiary/aromatic N) is 2. The molecule has 3 heterocycles. The third kappa shape index (κ3) is 2.62. The molecular formula is C14H15BrN4O. The van der Waals surface area contributed by atoms with Crippen molar-refractivity contribution in [1.82, 2.24) is 14.9 Å². The Morgan fingerprint density at radius 3 is 3.15 bits per heavy atom. The summed E-state index contributed by atoms with van der Waals surface area (Å²) in [6, 6.07) is 5.73. The summed E-state index contributed by atoms with van der Waals surface area (Å²) >= 11 is 3.39. The largest absolute Gasteiger partial charge is 0.336 e. The molecule has 1 aliphatic rings. The van der Waals surface area contributed by atoms with Gasteiger partial charge in [-0.05, 0) is 33.6 Å². The topological polar surface area (TPSA) is 59.0 Å². The smallest absolute Gasteiger partial charge is 0.274 e. The van der Waals surface area contributed by atoms with Crippen molar-refractivity contribution in [2.75, 3.05) is 11.9 Å². The van der Waals surface area contributed by atoms with Gasteiger partial charge in [0, 0.05) is 42.9 Å². The molecule has 2 aromatic rings. The van der Waals surface area contributed by atoms with Crippen LogP contribution in [0.4, 0.5) is 11.5 Å². The first-order valence-corrected chi connectivity index (χ1v) is 7.25. The lowest BCUT2D eigenvalue weighted by molar-refractivity contribution is 0.631. The van der Waals surface area contributed by atoms with Crippen molar-refractivity contribution in [3.8, 4) is 0 Å². The highest BCUT2D eigenvalue weighted by atomic mass is 79.9. The van der Waals surface area contributed by atoms with Crippen molar-refractivity contribution in [3.05, 3.63) is 50.5 Å². The van der Waals surface area contributed by atoms with E-state index in [1.165, 1.54) is 10.1 Å². The van der Waals surface area contributed by atoms with Crippen LogP contribution in [0.25, 0.3) is 0 Å². The van der Waals surface area contributed by atoms with Crippen LogP contribution in [0.3, 0.4) is 0 Å². The van der Waals surface area contributed by atoms with E-state index in [1.807, 2.05) is 6.07 Å². The second-order valence-electron chi connectivity index (χ2n) is 4.84. The number of nitrogens with one attached hydrogen (secondary N) is 2. The van der Waals surface area contributed by atoms with Gasteiger partial charge >= 0.3 is 0 Å². The molecule has 0 fully saturated rings. The molecule has 0 spiro atoms. The summed E-state index contributed by atoms with van der Waals surface area (Å²) < 4.78 is 2.39. The molecule has 0 bridgehead atoms. The highest BCUT2D eigenvalue weighted by Gasteiger charge is 2.11. The molecule has 0 amide bonds. The van der Waals surface area contributed by atoms with E-state index >= 15 is 0 Å². The predicted molar refractivity (Wildman–Crippen MR) is 82.3 cm³/mol. The first kappa shape index (κ1) is 13.3. The maximum atomic E-state index is 12.1. The van der Waals surface area contributed by atoms with Gasteiger partial charge in [-0.25, -0.2) is 4.98 Å². The van der Waals surface area contributed by atoms with Gasteiger partial charge in [-0.15, -0.1) is 0 Å². The monoisotopic (exact) mass is 334 g/mol. The molecule has 0 atom stereocenters. The number of aromatic nitrogens is 2. The predicted octanol–water partition coefficient (Wildman–Crippen LogP) is 1.93. The van der Waals surface area contributed by atoms with Crippen molar-refractivity contribution >= 4 is 27.4 Å². The van der Waals surface area contributed by atoms with Crippen LogP contribution in [-0.4, -0.2) is 16.1 Å². The highest BCUT2D eigenvalue weighted by Crippen LogP contribution is 2.19. The summed E-state index contributed by atoms with van der Waals surface area (Å²) in [4.78, 5) is 16.7. The van der Waals surface area contributed by atoms with Crippen LogP contribution in [0.2, 0.25) is 0 Å². The molecule has 0 saturated heterocycles. The van der Waals surface area contributed by atoms with Crippen LogP contribution in [0.15, 0.2) is 33.7 Å². The Morgan fingerprint density at radius 2 is 2.30 bits per heavy atom. The first-order chi connectivity index (χ1) is 9.63. The third-order valence-corrected chi connectivity index (χ3v) is 3.77. The number of fused-ring (bicyclic) bond motifs is 1. The van der Waals surface area contributed by atoms with Gasteiger partial charge in [-0.1, -0.05) is 6.07 Å². The van der Waals surface area contributed by atoms with Gasteiger partial charge in [0.05, 0.1) is 0 Å². The zero-order valence-electron chi connectivity index (χ0n) is 11.1. The summed E-state index contributed by atoms with van der Waals surface area (Å²) in [5.41, 5.74) is 2.77. The van der Waals surface area contributed by atoms with Crippen LogP contribution in [0.1, 0.15) is 11.3 Å². The van der Waals surface area contributed by atoms with Crippen LogP contribution in [-0.2, 0) is 20.0 Å². The molecule has 5 nitrogen and oxygen atoms in total. The molecule has 1 aliphatic heterocycles. The molecule has 104 valence electrons. The molecule has 0 radical (unpaired) electrons. The van der Waals surface area contributed by atoms with Gasteiger partial charge in [0.2, 0.25) is 0 Å². The fourth-order valence-corrected chi connectivity index (χ4v) is 2.84. The number of halogens is 1. The first-order valence-electron chi connectivity index (χ1n) is 6.46. The zero-order chi connectivity index (χ0) is 14.1. The van der Waals surface area contributed by atoms with Crippen molar-refractivity contribution < 1.29 is 0 Å². The molecule has 0 saturated carbocycles. The minimum atomic E-state index is -0.0746. The van der Waals surface area contributed by atoms with E-state index in [2.05, 4.69) is 37.6 Å². The second kappa shape index (κ2) is 5.38. The summed E-state index contributed by atoms with van der Waals surface area (Å²) in [7, 11) is 1.73. The lowest BCUT2D eigenvalue weighted by Gasteiger charge is -2.17. The van der Waals surface area contributed by atoms with Crippen molar-refractivity contribution in [2.24, 2.45) is 7.05 Å². The number of anilines is 2. The average molecular weight is 335 g/mol. The molecule has 20 heavy (non-hydrogen) atoms. The molecule has 0 aromatic carbocycles. The number of aryl methyl sites for hydroxylation is 1.